The Kier molecular flexibility index (Phi) is 7.15. The Morgan fingerprint density at radius 3 is 2.09 bits per heavy atom. The molecule has 0 heterocycles. The SMILES string of the molecule is O=C(COCCNCc1ccccc1)NCc1ccccc1. The van der Waals surface area contributed by atoms with Crippen LogP contribution in [0.2, 0.25) is 0 Å². The second kappa shape index (κ2) is 9.71. The van der Waals surface area contributed by atoms with Crippen molar-refractivity contribution in [3.05, 3.63) is 71.8 Å². The van der Waals surface area contributed by atoms with Gasteiger partial charge in [-0.1, -0.05) is 60.7 Å². The quantitative estimate of drug-likeness (QED) is 0.697. The summed E-state index contributed by atoms with van der Waals surface area (Å²) in [6.45, 7) is 2.69. The molecule has 2 rings (SSSR count). The van der Waals surface area contributed by atoms with Gasteiger partial charge in [-0.2, -0.15) is 0 Å². The molecule has 0 saturated carbocycles. The van der Waals surface area contributed by atoms with Crippen LogP contribution in [0.4, 0.5) is 0 Å². The molecule has 0 radical (unpaired) electrons. The highest BCUT2D eigenvalue weighted by molar-refractivity contribution is 5.77. The summed E-state index contributed by atoms with van der Waals surface area (Å²) >= 11 is 0. The molecule has 2 aromatic rings. The summed E-state index contributed by atoms with van der Waals surface area (Å²) in [6.07, 6.45) is 0. The molecular weight excluding hydrogens is 276 g/mol. The molecule has 4 nitrogen and oxygen atoms in total. The van der Waals surface area contributed by atoms with Crippen molar-refractivity contribution in [1.82, 2.24) is 10.6 Å². The molecule has 22 heavy (non-hydrogen) atoms. The summed E-state index contributed by atoms with van der Waals surface area (Å²) in [5.74, 6) is -0.0908. The zero-order chi connectivity index (χ0) is 15.5. The number of ether oxygens (including phenoxy) is 1. The molecule has 0 atom stereocenters. The van der Waals surface area contributed by atoms with E-state index in [1.807, 2.05) is 48.5 Å². The van der Waals surface area contributed by atoms with Gasteiger partial charge in [-0.05, 0) is 11.1 Å². The standard InChI is InChI=1S/C18H22N2O2/c21-18(20-14-17-9-5-2-6-10-17)15-22-12-11-19-13-16-7-3-1-4-8-16/h1-10,19H,11-15H2,(H,20,21). The molecule has 0 aliphatic rings. The van der Waals surface area contributed by atoms with Gasteiger partial charge in [-0.3, -0.25) is 4.79 Å². The first-order valence-corrected chi connectivity index (χ1v) is 7.47. The van der Waals surface area contributed by atoms with E-state index >= 15 is 0 Å². The summed E-state index contributed by atoms with van der Waals surface area (Å²) in [6, 6.07) is 20.0. The van der Waals surface area contributed by atoms with Crippen molar-refractivity contribution in [2.24, 2.45) is 0 Å². The number of carbonyl (C=O) groups is 1. The van der Waals surface area contributed by atoms with Gasteiger partial charge in [0, 0.05) is 19.6 Å². The Morgan fingerprint density at radius 1 is 0.864 bits per heavy atom. The van der Waals surface area contributed by atoms with Gasteiger partial charge < -0.3 is 15.4 Å². The highest BCUT2D eigenvalue weighted by Gasteiger charge is 2.01. The minimum Gasteiger partial charge on any atom is -0.370 e. The van der Waals surface area contributed by atoms with E-state index < -0.39 is 0 Å². The number of nitrogens with one attached hydrogen (secondary N) is 2. The summed E-state index contributed by atoms with van der Waals surface area (Å²) in [5.41, 5.74) is 2.32. The Balaban J connectivity index is 1.49. The van der Waals surface area contributed by atoms with Crippen LogP contribution in [0.5, 0.6) is 0 Å². The number of hydrogen-bond acceptors (Lipinski definition) is 3. The van der Waals surface area contributed by atoms with Crippen LogP contribution in [-0.2, 0) is 22.6 Å². The lowest BCUT2D eigenvalue weighted by Crippen LogP contribution is -2.28. The largest absolute Gasteiger partial charge is 0.370 e. The third-order valence-electron chi connectivity index (χ3n) is 3.16. The Morgan fingerprint density at radius 2 is 1.45 bits per heavy atom. The van der Waals surface area contributed by atoms with E-state index in [-0.39, 0.29) is 12.5 Å². The molecule has 0 fully saturated rings. The normalized spacial score (nSPS) is 10.4. The monoisotopic (exact) mass is 298 g/mol. The molecule has 116 valence electrons. The van der Waals surface area contributed by atoms with Crippen molar-refractivity contribution in [2.45, 2.75) is 13.1 Å². The van der Waals surface area contributed by atoms with Crippen molar-refractivity contribution in [3.63, 3.8) is 0 Å². The van der Waals surface area contributed by atoms with Crippen LogP contribution in [-0.4, -0.2) is 25.7 Å². The number of rotatable bonds is 9. The molecule has 0 bridgehead atoms. The molecule has 1 amide bonds. The molecule has 0 spiro atoms. The van der Waals surface area contributed by atoms with E-state index in [1.165, 1.54) is 5.56 Å². The number of carbonyl (C=O) groups excluding carboxylic acids is 1. The van der Waals surface area contributed by atoms with Crippen molar-refractivity contribution in [1.29, 1.82) is 0 Å². The predicted octanol–water partition coefficient (Wildman–Crippen LogP) is 2.11. The fourth-order valence-electron chi connectivity index (χ4n) is 1.99. The maximum absolute atomic E-state index is 11.6. The lowest BCUT2D eigenvalue weighted by Gasteiger charge is -2.07. The van der Waals surface area contributed by atoms with Gasteiger partial charge in [0.05, 0.1) is 6.61 Å². The van der Waals surface area contributed by atoms with Crippen LogP contribution in [0.15, 0.2) is 60.7 Å². The smallest absolute Gasteiger partial charge is 0.246 e. The van der Waals surface area contributed by atoms with Crippen molar-refractivity contribution in [3.8, 4) is 0 Å². The van der Waals surface area contributed by atoms with Crippen molar-refractivity contribution in [2.75, 3.05) is 19.8 Å². The van der Waals surface area contributed by atoms with Crippen LogP contribution in [0.3, 0.4) is 0 Å². The molecule has 2 N–H and O–H groups in total. The van der Waals surface area contributed by atoms with E-state index in [9.17, 15) is 4.79 Å². The van der Waals surface area contributed by atoms with Gasteiger partial charge >= 0.3 is 0 Å². The average molecular weight is 298 g/mol. The zero-order valence-electron chi connectivity index (χ0n) is 12.6. The van der Waals surface area contributed by atoms with Gasteiger partial charge in [0.15, 0.2) is 0 Å². The molecule has 0 aromatic heterocycles. The molecule has 0 aliphatic heterocycles. The molecule has 0 aliphatic carbocycles. The first-order chi connectivity index (χ1) is 10.8. The highest BCUT2D eigenvalue weighted by atomic mass is 16.5. The molecule has 4 heteroatoms. The van der Waals surface area contributed by atoms with E-state index in [4.69, 9.17) is 4.74 Å². The van der Waals surface area contributed by atoms with Crippen LogP contribution in [0, 0.1) is 0 Å². The van der Waals surface area contributed by atoms with Gasteiger partial charge in [0.1, 0.15) is 6.61 Å². The fourth-order valence-corrected chi connectivity index (χ4v) is 1.99. The van der Waals surface area contributed by atoms with Crippen LogP contribution < -0.4 is 10.6 Å². The molecule has 2 aromatic carbocycles. The van der Waals surface area contributed by atoms with E-state index in [0.29, 0.717) is 13.2 Å². The van der Waals surface area contributed by atoms with Gasteiger partial charge in [-0.25, -0.2) is 0 Å². The minimum absolute atomic E-state index is 0.0908. The third kappa shape index (κ3) is 6.52. The Hall–Kier alpha value is -2.17. The van der Waals surface area contributed by atoms with E-state index in [0.717, 1.165) is 18.7 Å². The second-order valence-corrected chi connectivity index (χ2v) is 4.98. The first-order valence-electron chi connectivity index (χ1n) is 7.47. The van der Waals surface area contributed by atoms with E-state index in [2.05, 4.69) is 22.8 Å². The van der Waals surface area contributed by atoms with Gasteiger partial charge in [-0.15, -0.1) is 0 Å². The van der Waals surface area contributed by atoms with Crippen LogP contribution in [0.1, 0.15) is 11.1 Å². The number of benzene rings is 2. The summed E-state index contributed by atoms with van der Waals surface area (Å²) in [5, 5.41) is 6.11. The van der Waals surface area contributed by atoms with Crippen molar-refractivity contribution >= 4 is 5.91 Å². The summed E-state index contributed by atoms with van der Waals surface area (Å²) in [4.78, 5) is 11.6. The lowest BCUT2D eigenvalue weighted by molar-refractivity contribution is -0.125. The van der Waals surface area contributed by atoms with E-state index in [1.54, 1.807) is 0 Å². The number of hydrogen-bond donors (Lipinski definition) is 2. The van der Waals surface area contributed by atoms with Gasteiger partial charge in [0.25, 0.3) is 0 Å². The molecule has 0 unspecified atom stereocenters. The maximum atomic E-state index is 11.6. The topological polar surface area (TPSA) is 50.4 Å². The predicted molar refractivity (Wildman–Crippen MR) is 87.3 cm³/mol. The number of amides is 1. The summed E-state index contributed by atoms with van der Waals surface area (Å²) < 4.78 is 5.35. The summed E-state index contributed by atoms with van der Waals surface area (Å²) in [7, 11) is 0. The third-order valence-corrected chi connectivity index (χ3v) is 3.16. The van der Waals surface area contributed by atoms with Crippen LogP contribution >= 0.6 is 0 Å². The lowest BCUT2D eigenvalue weighted by atomic mass is 10.2. The molecular formula is C18H22N2O2. The highest BCUT2D eigenvalue weighted by Crippen LogP contribution is 1.97. The fraction of sp³-hybridized carbons (Fsp3) is 0.278. The first kappa shape index (κ1) is 16.2. The van der Waals surface area contributed by atoms with Crippen molar-refractivity contribution < 1.29 is 9.53 Å². The molecule has 0 saturated heterocycles. The maximum Gasteiger partial charge on any atom is 0.246 e. The second-order valence-electron chi connectivity index (χ2n) is 4.98. The minimum atomic E-state index is -0.0908. The Bertz CT molecular complexity index is 544. The Labute approximate surface area is 131 Å². The van der Waals surface area contributed by atoms with Gasteiger partial charge in [0.2, 0.25) is 5.91 Å². The van der Waals surface area contributed by atoms with Crippen LogP contribution in [0.25, 0.3) is 0 Å². The average Bonchev–Trinajstić information content (AvgIpc) is 2.58. The zero-order valence-corrected chi connectivity index (χ0v) is 12.6.